The molecule has 2 heterocycles. The zero-order chi connectivity index (χ0) is 11.8. The molecule has 2 saturated heterocycles. The number of ether oxygens (including phenoxy) is 1. The third-order valence-electron chi connectivity index (χ3n) is 2.87. The molecule has 0 spiro atoms. The van der Waals surface area contributed by atoms with Gasteiger partial charge in [-0.05, 0) is 19.3 Å². The van der Waals surface area contributed by atoms with Crippen LogP contribution in [0.3, 0.4) is 0 Å². The van der Waals surface area contributed by atoms with E-state index < -0.39 is 18.8 Å². The molecule has 2 amide bonds. The van der Waals surface area contributed by atoms with Crippen LogP contribution in [0, 0.1) is 0 Å². The number of fused-ring (bicyclic) bond motifs is 2. The van der Waals surface area contributed by atoms with Gasteiger partial charge in [0.05, 0.1) is 18.2 Å². The minimum atomic E-state index is -4.37. The highest BCUT2D eigenvalue weighted by Crippen LogP contribution is 2.34. The molecule has 2 aliphatic heterocycles. The van der Waals surface area contributed by atoms with E-state index in [1.165, 1.54) is 0 Å². The molecule has 2 fully saturated rings. The predicted octanol–water partition coefficient (Wildman–Crippen LogP) is 1.17. The maximum atomic E-state index is 11.8. The summed E-state index contributed by atoms with van der Waals surface area (Å²) in [5.74, 6) is 0. The third kappa shape index (κ3) is 2.78. The Morgan fingerprint density at radius 3 is 2.62 bits per heavy atom. The zero-order valence-corrected chi connectivity index (χ0v) is 8.51. The Morgan fingerprint density at radius 2 is 2.12 bits per heavy atom. The lowest BCUT2D eigenvalue weighted by Gasteiger charge is -2.20. The summed E-state index contributed by atoms with van der Waals surface area (Å²) >= 11 is 0. The van der Waals surface area contributed by atoms with Gasteiger partial charge in [-0.2, -0.15) is 13.2 Å². The number of hydrogen-bond acceptors (Lipinski definition) is 2. The molecule has 3 atom stereocenters. The largest absolute Gasteiger partial charge is 0.405 e. The summed E-state index contributed by atoms with van der Waals surface area (Å²) in [4.78, 5) is 11.1. The molecule has 0 aliphatic carbocycles. The van der Waals surface area contributed by atoms with Crippen LogP contribution < -0.4 is 10.6 Å². The van der Waals surface area contributed by atoms with E-state index in [9.17, 15) is 18.0 Å². The van der Waals surface area contributed by atoms with Crippen LogP contribution in [-0.4, -0.2) is 37.0 Å². The summed E-state index contributed by atoms with van der Waals surface area (Å²) in [5.41, 5.74) is 0. The van der Waals surface area contributed by atoms with Crippen molar-refractivity contribution in [2.75, 3.05) is 6.54 Å². The lowest BCUT2D eigenvalue weighted by molar-refractivity contribution is -0.122. The van der Waals surface area contributed by atoms with Gasteiger partial charge in [-0.25, -0.2) is 4.79 Å². The van der Waals surface area contributed by atoms with Crippen molar-refractivity contribution in [1.29, 1.82) is 0 Å². The van der Waals surface area contributed by atoms with E-state index in [-0.39, 0.29) is 18.2 Å². The highest BCUT2D eigenvalue weighted by Gasteiger charge is 2.41. The molecule has 0 aromatic carbocycles. The monoisotopic (exact) mass is 238 g/mol. The van der Waals surface area contributed by atoms with Crippen molar-refractivity contribution in [3.05, 3.63) is 0 Å². The van der Waals surface area contributed by atoms with E-state index in [1.807, 2.05) is 0 Å². The molecule has 3 unspecified atom stereocenters. The number of carbonyl (C=O) groups is 1. The number of halogens is 3. The second-order valence-electron chi connectivity index (χ2n) is 4.16. The molecule has 2 N–H and O–H groups in total. The van der Waals surface area contributed by atoms with Crippen LogP contribution in [0.2, 0.25) is 0 Å². The van der Waals surface area contributed by atoms with Crippen LogP contribution in [0.25, 0.3) is 0 Å². The minimum absolute atomic E-state index is 0.0263. The quantitative estimate of drug-likeness (QED) is 0.758. The Balaban J connectivity index is 1.72. The van der Waals surface area contributed by atoms with E-state index in [1.54, 1.807) is 5.32 Å². The van der Waals surface area contributed by atoms with Crippen molar-refractivity contribution < 1.29 is 22.7 Å². The fraction of sp³-hybridized carbons (Fsp3) is 0.889. The highest BCUT2D eigenvalue weighted by atomic mass is 19.4. The first-order valence-corrected chi connectivity index (χ1v) is 5.20. The van der Waals surface area contributed by atoms with Gasteiger partial charge in [-0.15, -0.1) is 0 Å². The third-order valence-corrected chi connectivity index (χ3v) is 2.87. The molecule has 2 rings (SSSR count). The second kappa shape index (κ2) is 4.12. The highest BCUT2D eigenvalue weighted by molar-refractivity contribution is 5.74. The number of hydrogen-bond donors (Lipinski definition) is 2. The molecular formula is C9H13F3N2O2. The van der Waals surface area contributed by atoms with Crippen molar-refractivity contribution in [2.45, 2.75) is 43.7 Å². The first-order valence-electron chi connectivity index (χ1n) is 5.20. The lowest BCUT2D eigenvalue weighted by Crippen LogP contribution is -2.48. The van der Waals surface area contributed by atoms with Gasteiger partial charge < -0.3 is 15.4 Å². The second-order valence-corrected chi connectivity index (χ2v) is 4.16. The SMILES string of the molecule is O=C(NCC(F)(F)F)NC1CC2CCC1O2. The Morgan fingerprint density at radius 1 is 1.38 bits per heavy atom. The van der Waals surface area contributed by atoms with Crippen molar-refractivity contribution >= 4 is 6.03 Å². The maximum Gasteiger partial charge on any atom is 0.405 e. The number of rotatable bonds is 2. The van der Waals surface area contributed by atoms with E-state index in [4.69, 9.17) is 4.74 Å². The van der Waals surface area contributed by atoms with E-state index in [2.05, 4.69) is 5.32 Å². The van der Waals surface area contributed by atoms with Crippen LogP contribution in [-0.2, 0) is 4.74 Å². The Labute approximate surface area is 90.5 Å². The summed E-state index contributed by atoms with van der Waals surface area (Å²) < 4.78 is 40.9. The van der Waals surface area contributed by atoms with Crippen LogP contribution in [0.5, 0.6) is 0 Å². The van der Waals surface area contributed by atoms with Gasteiger partial charge in [-0.3, -0.25) is 0 Å². The van der Waals surface area contributed by atoms with Gasteiger partial charge in [0.2, 0.25) is 0 Å². The molecule has 0 aromatic heterocycles. The summed E-state index contributed by atoms with van der Waals surface area (Å²) in [6, 6.07) is -0.926. The number of amides is 2. The number of urea groups is 1. The lowest BCUT2D eigenvalue weighted by atomic mass is 9.96. The summed E-state index contributed by atoms with van der Waals surface area (Å²) in [5, 5.41) is 4.29. The van der Waals surface area contributed by atoms with E-state index in [0.717, 1.165) is 12.8 Å². The van der Waals surface area contributed by atoms with Crippen molar-refractivity contribution in [1.82, 2.24) is 10.6 Å². The molecule has 16 heavy (non-hydrogen) atoms. The summed E-state index contributed by atoms with van der Waals surface area (Å²) in [7, 11) is 0. The first-order chi connectivity index (χ1) is 7.44. The van der Waals surface area contributed by atoms with Crippen LogP contribution in [0.4, 0.5) is 18.0 Å². The molecular weight excluding hydrogens is 225 g/mol. The number of alkyl halides is 3. The summed E-state index contributed by atoms with van der Waals surface area (Å²) in [6.45, 7) is -1.31. The first kappa shape index (κ1) is 11.5. The van der Waals surface area contributed by atoms with Crippen molar-refractivity contribution in [2.24, 2.45) is 0 Å². The van der Waals surface area contributed by atoms with E-state index in [0.29, 0.717) is 6.42 Å². The van der Waals surface area contributed by atoms with Crippen molar-refractivity contribution in [3.63, 3.8) is 0 Å². The molecule has 7 heteroatoms. The average molecular weight is 238 g/mol. The molecule has 2 bridgehead atoms. The predicted molar refractivity (Wildman–Crippen MR) is 48.9 cm³/mol. The van der Waals surface area contributed by atoms with Crippen LogP contribution >= 0.6 is 0 Å². The summed E-state index contributed by atoms with van der Waals surface area (Å²) in [6.07, 6.45) is -1.69. The Kier molecular flexibility index (Phi) is 2.96. The minimum Gasteiger partial charge on any atom is -0.373 e. The molecule has 2 aliphatic rings. The molecule has 0 aromatic rings. The van der Waals surface area contributed by atoms with Gasteiger partial charge in [0.1, 0.15) is 6.54 Å². The molecule has 0 radical (unpaired) electrons. The van der Waals surface area contributed by atoms with E-state index >= 15 is 0 Å². The molecule has 4 nitrogen and oxygen atoms in total. The number of nitrogens with one attached hydrogen (secondary N) is 2. The Hall–Kier alpha value is -0.980. The standard InChI is InChI=1S/C9H13F3N2O2/c10-9(11,12)4-13-8(15)14-6-3-5-1-2-7(6)16-5/h5-7H,1-4H2,(H2,13,14,15). The van der Waals surface area contributed by atoms with Gasteiger partial charge in [0.25, 0.3) is 0 Å². The smallest absolute Gasteiger partial charge is 0.373 e. The normalized spacial score (nSPS) is 32.8. The Bertz CT molecular complexity index is 282. The molecule has 92 valence electrons. The van der Waals surface area contributed by atoms with Crippen LogP contribution in [0.1, 0.15) is 19.3 Å². The van der Waals surface area contributed by atoms with Gasteiger partial charge in [0, 0.05) is 0 Å². The zero-order valence-electron chi connectivity index (χ0n) is 8.51. The van der Waals surface area contributed by atoms with Gasteiger partial charge in [-0.1, -0.05) is 0 Å². The maximum absolute atomic E-state index is 11.8. The van der Waals surface area contributed by atoms with Crippen LogP contribution in [0.15, 0.2) is 0 Å². The topological polar surface area (TPSA) is 50.4 Å². The fourth-order valence-electron chi connectivity index (χ4n) is 2.19. The van der Waals surface area contributed by atoms with Gasteiger partial charge in [0.15, 0.2) is 0 Å². The average Bonchev–Trinajstić information content (AvgIpc) is 2.75. The van der Waals surface area contributed by atoms with Gasteiger partial charge >= 0.3 is 12.2 Å². The van der Waals surface area contributed by atoms with Crippen molar-refractivity contribution in [3.8, 4) is 0 Å². The fourth-order valence-corrected chi connectivity index (χ4v) is 2.19. The molecule has 0 saturated carbocycles. The number of carbonyl (C=O) groups excluding carboxylic acids is 1.